The van der Waals surface area contributed by atoms with Gasteiger partial charge in [0, 0.05) is 35.1 Å². The van der Waals surface area contributed by atoms with Gasteiger partial charge in [0.1, 0.15) is 5.82 Å². The first-order valence-corrected chi connectivity index (χ1v) is 10.8. The van der Waals surface area contributed by atoms with Crippen LogP contribution in [0.3, 0.4) is 0 Å². The first kappa shape index (κ1) is 19.8. The van der Waals surface area contributed by atoms with E-state index in [2.05, 4.69) is 32.6 Å². The van der Waals surface area contributed by atoms with Crippen LogP contribution < -0.4 is 15.8 Å². The molecule has 0 aliphatic heterocycles. The number of anilines is 4. The van der Waals surface area contributed by atoms with E-state index in [-0.39, 0.29) is 4.90 Å². The van der Waals surface area contributed by atoms with Crippen LogP contribution in [0.4, 0.5) is 23.1 Å². The number of aryl methyl sites for hydroxylation is 2. The van der Waals surface area contributed by atoms with Gasteiger partial charge in [-0.05, 0) is 50.2 Å². The molecule has 9 nitrogen and oxygen atoms in total. The Bertz CT molecular complexity index is 1330. The molecule has 4 aromatic rings. The molecule has 0 unspecified atom stereocenters. The lowest BCUT2D eigenvalue weighted by atomic mass is 10.2. The van der Waals surface area contributed by atoms with Gasteiger partial charge in [-0.25, -0.2) is 18.5 Å². The Labute approximate surface area is 174 Å². The molecule has 0 amide bonds. The number of nitrogens with one attached hydrogen (secondary N) is 2. The lowest BCUT2D eigenvalue weighted by Gasteiger charge is -2.12. The minimum atomic E-state index is -3.79. The number of rotatable bonds is 6. The van der Waals surface area contributed by atoms with Crippen LogP contribution in [0.2, 0.25) is 0 Å². The zero-order chi connectivity index (χ0) is 21.3. The van der Waals surface area contributed by atoms with Crippen LogP contribution in [0, 0.1) is 6.92 Å². The fourth-order valence-corrected chi connectivity index (χ4v) is 3.62. The smallest absolute Gasteiger partial charge is 0.238 e. The van der Waals surface area contributed by atoms with E-state index >= 15 is 0 Å². The molecule has 30 heavy (non-hydrogen) atoms. The summed E-state index contributed by atoms with van der Waals surface area (Å²) in [6.07, 6.45) is 3.52. The molecule has 4 N–H and O–H groups in total. The van der Waals surface area contributed by atoms with Crippen molar-refractivity contribution < 1.29 is 8.42 Å². The molecule has 2 heterocycles. The summed E-state index contributed by atoms with van der Waals surface area (Å²) in [6.45, 7) is 4.76. The normalized spacial score (nSPS) is 11.6. The number of fused-ring (bicyclic) bond motifs is 1. The van der Waals surface area contributed by atoms with E-state index in [1.807, 2.05) is 36.0 Å². The van der Waals surface area contributed by atoms with Gasteiger partial charge in [0.25, 0.3) is 0 Å². The molecule has 0 saturated carbocycles. The van der Waals surface area contributed by atoms with E-state index in [1.165, 1.54) is 12.1 Å². The Morgan fingerprint density at radius 2 is 1.87 bits per heavy atom. The van der Waals surface area contributed by atoms with Crippen molar-refractivity contribution in [2.24, 2.45) is 5.14 Å². The fourth-order valence-electron chi connectivity index (χ4n) is 3.06. The lowest BCUT2D eigenvalue weighted by Crippen LogP contribution is -2.12. The van der Waals surface area contributed by atoms with E-state index in [9.17, 15) is 8.42 Å². The number of aromatic nitrogens is 4. The van der Waals surface area contributed by atoms with Crippen LogP contribution >= 0.6 is 0 Å². The maximum Gasteiger partial charge on any atom is 0.238 e. The number of benzene rings is 2. The molecule has 154 valence electrons. The van der Waals surface area contributed by atoms with Gasteiger partial charge in [0.15, 0.2) is 0 Å². The van der Waals surface area contributed by atoms with E-state index in [0.29, 0.717) is 17.5 Å². The van der Waals surface area contributed by atoms with Gasteiger partial charge in [0.2, 0.25) is 16.0 Å². The second kappa shape index (κ2) is 7.73. The first-order valence-electron chi connectivity index (χ1n) is 9.29. The maximum atomic E-state index is 11.6. The number of sulfonamides is 1. The van der Waals surface area contributed by atoms with Crippen molar-refractivity contribution in [1.82, 2.24) is 19.7 Å². The third kappa shape index (κ3) is 4.09. The molecular weight excluding hydrogens is 402 g/mol. The van der Waals surface area contributed by atoms with Gasteiger partial charge in [-0.15, -0.1) is 0 Å². The molecule has 10 heteroatoms. The van der Waals surface area contributed by atoms with Crippen LogP contribution in [0.15, 0.2) is 59.8 Å². The lowest BCUT2D eigenvalue weighted by molar-refractivity contribution is 0.598. The third-order valence-electron chi connectivity index (χ3n) is 4.59. The molecule has 4 rings (SSSR count). The highest BCUT2D eigenvalue weighted by molar-refractivity contribution is 7.89. The summed E-state index contributed by atoms with van der Waals surface area (Å²) in [4.78, 5) is 8.81. The van der Waals surface area contributed by atoms with E-state index in [1.54, 1.807) is 18.3 Å². The summed E-state index contributed by atoms with van der Waals surface area (Å²) < 4.78 is 25.0. The number of nitrogens with zero attached hydrogens (tertiary/aromatic N) is 4. The van der Waals surface area contributed by atoms with Crippen LogP contribution in [0.1, 0.15) is 12.5 Å². The molecule has 0 aliphatic carbocycles. The highest BCUT2D eigenvalue weighted by Crippen LogP contribution is 2.24. The van der Waals surface area contributed by atoms with Crippen LogP contribution in [-0.2, 0) is 16.6 Å². The monoisotopic (exact) mass is 423 g/mol. The Morgan fingerprint density at radius 1 is 1.07 bits per heavy atom. The molecule has 0 spiro atoms. The first-order chi connectivity index (χ1) is 14.3. The number of nitrogens with two attached hydrogens (primary N) is 1. The van der Waals surface area contributed by atoms with Gasteiger partial charge < -0.3 is 10.6 Å². The van der Waals surface area contributed by atoms with Crippen molar-refractivity contribution in [1.29, 1.82) is 0 Å². The second-order valence-electron chi connectivity index (χ2n) is 6.78. The van der Waals surface area contributed by atoms with Gasteiger partial charge in [-0.1, -0.05) is 6.07 Å². The number of hydrogen-bond donors (Lipinski definition) is 3. The molecule has 2 aromatic heterocycles. The topological polar surface area (TPSA) is 128 Å². The van der Waals surface area contributed by atoms with E-state index < -0.39 is 10.0 Å². The van der Waals surface area contributed by atoms with Crippen LogP contribution in [0.5, 0.6) is 0 Å². The Hall–Kier alpha value is -3.50. The summed E-state index contributed by atoms with van der Waals surface area (Å²) >= 11 is 0. The van der Waals surface area contributed by atoms with Crippen molar-refractivity contribution in [2.75, 3.05) is 10.6 Å². The van der Waals surface area contributed by atoms with Crippen molar-refractivity contribution in [3.05, 3.63) is 60.4 Å². The quantitative estimate of drug-likeness (QED) is 0.434. The summed E-state index contributed by atoms with van der Waals surface area (Å²) in [6, 6.07) is 12.2. The summed E-state index contributed by atoms with van der Waals surface area (Å²) in [5, 5.41) is 16.9. The summed E-state index contributed by atoms with van der Waals surface area (Å²) in [5.41, 5.74) is 3.33. The van der Waals surface area contributed by atoms with Crippen molar-refractivity contribution >= 4 is 44.1 Å². The van der Waals surface area contributed by atoms with E-state index in [0.717, 1.165) is 28.7 Å². The van der Waals surface area contributed by atoms with Crippen LogP contribution in [-0.4, -0.2) is 28.2 Å². The molecule has 0 aliphatic rings. The minimum Gasteiger partial charge on any atom is -0.340 e. The third-order valence-corrected chi connectivity index (χ3v) is 5.51. The van der Waals surface area contributed by atoms with Gasteiger partial charge in [0.05, 0.1) is 16.6 Å². The zero-order valence-electron chi connectivity index (χ0n) is 16.5. The minimum absolute atomic E-state index is 0.0129. The SMILES string of the molecule is CCn1ncc2cc(Nc3nc(Nc4cccc(S(N)(=O)=O)c4)ncc3C)ccc21. The molecule has 0 atom stereocenters. The largest absolute Gasteiger partial charge is 0.340 e. The predicted molar refractivity (Wildman–Crippen MR) is 117 cm³/mol. The standard InChI is InChI=1S/C20H21N7O2S/c1-3-27-18-8-7-16(9-14(18)12-23-27)24-19-13(2)11-22-20(26-19)25-15-5-4-6-17(10-15)30(21,28)29/h4-12H,3H2,1-2H3,(H2,21,28,29)(H2,22,24,25,26). The molecule has 0 bridgehead atoms. The van der Waals surface area contributed by atoms with Crippen molar-refractivity contribution in [3.63, 3.8) is 0 Å². The van der Waals surface area contributed by atoms with E-state index in [4.69, 9.17) is 5.14 Å². The molecular formula is C20H21N7O2S. The average Bonchev–Trinajstić information content (AvgIpc) is 3.12. The molecule has 0 saturated heterocycles. The maximum absolute atomic E-state index is 11.6. The Morgan fingerprint density at radius 3 is 2.63 bits per heavy atom. The Balaban J connectivity index is 1.59. The van der Waals surface area contributed by atoms with Crippen molar-refractivity contribution in [2.45, 2.75) is 25.3 Å². The Kier molecular flexibility index (Phi) is 5.10. The summed E-state index contributed by atoms with van der Waals surface area (Å²) in [7, 11) is -3.79. The zero-order valence-corrected chi connectivity index (χ0v) is 17.3. The van der Waals surface area contributed by atoms with Crippen molar-refractivity contribution in [3.8, 4) is 0 Å². The van der Waals surface area contributed by atoms with Gasteiger partial charge in [-0.3, -0.25) is 4.68 Å². The molecule has 0 fully saturated rings. The predicted octanol–water partition coefficient (Wildman–Crippen LogP) is 3.29. The van der Waals surface area contributed by atoms with Gasteiger partial charge in [-0.2, -0.15) is 10.1 Å². The second-order valence-corrected chi connectivity index (χ2v) is 8.34. The van der Waals surface area contributed by atoms with Gasteiger partial charge >= 0.3 is 0 Å². The summed E-state index contributed by atoms with van der Waals surface area (Å²) in [5.74, 6) is 0.965. The molecule has 2 aromatic carbocycles. The average molecular weight is 424 g/mol. The number of hydrogen-bond acceptors (Lipinski definition) is 7. The fraction of sp³-hybridized carbons (Fsp3) is 0.150. The highest BCUT2D eigenvalue weighted by atomic mass is 32.2. The highest BCUT2D eigenvalue weighted by Gasteiger charge is 2.10. The van der Waals surface area contributed by atoms with Crippen LogP contribution in [0.25, 0.3) is 10.9 Å². The molecule has 0 radical (unpaired) electrons. The number of primary sulfonamides is 1.